The number of ether oxygens (including phenoxy) is 2. The number of hydrogen-bond acceptors (Lipinski definition) is 6. The minimum absolute atomic E-state index is 0.132. The molecule has 4 aliphatic heterocycles. The molecule has 0 saturated carbocycles. The van der Waals surface area contributed by atoms with Crippen LogP contribution in [0.3, 0.4) is 0 Å². The first-order valence-corrected chi connectivity index (χ1v) is 14.2. The Hall–Kier alpha value is -2.97. The van der Waals surface area contributed by atoms with E-state index < -0.39 is 41.1 Å². The first-order chi connectivity index (χ1) is 18.6. The number of amides is 2. The van der Waals surface area contributed by atoms with Gasteiger partial charge in [0.1, 0.15) is 23.2 Å². The molecule has 2 fully saturated rings. The van der Waals surface area contributed by atoms with Gasteiger partial charge >= 0.3 is 5.97 Å². The average Bonchev–Trinajstić information content (AvgIpc) is 3.28. The van der Waals surface area contributed by atoms with Gasteiger partial charge in [0.25, 0.3) is 5.91 Å². The molecule has 2 amide bonds. The zero-order chi connectivity index (χ0) is 28.1. The highest BCUT2D eigenvalue weighted by atomic mass is 16.6. The van der Waals surface area contributed by atoms with Crippen LogP contribution in [0.2, 0.25) is 0 Å². The number of hydrogen-bond donors (Lipinski definition) is 1. The molecule has 0 aliphatic carbocycles. The summed E-state index contributed by atoms with van der Waals surface area (Å²) in [6.07, 6.45) is 9.51. The van der Waals surface area contributed by atoms with Crippen LogP contribution in [0.1, 0.15) is 51.2 Å². The van der Waals surface area contributed by atoms with Crippen molar-refractivity contribution in [1.29, 1.82) is 0 Å². The summed E-state index contributed by atoms with van der Waals surface area (Å²) in [5, 5.41) is 10.5. The van der Waals surface area contributed by atoms with Crippen LogP contribution in [-0.4, -0.2) is 70.8 Å². The van der Waals surface area contributed by atoms with Gasteiger partial charge in [0.05, 0.1) is 25.2 Å². The molecule has 1 N–H and O–H groups in total. The molecule has 39 heavy (non-hydrogen) atoms. The van der Waals surface area contributed by atoms with Crippen molar-refractivity contribution < 1.29 is 29.0 Å². The van der Waals surface area contributed by atoms with Crippen LogP contribution in [0.5, 0.6) is 0 Å². The van der Waals surface area contributed by atoms with Crippen LogP contribution < -0.4 is 4.90 Å². The molecule has 0 aromatic heterocycles. The van der Waals surface area contributed by atoms with E-state index >= 15 is 0 Å². The van der Waals surface area contributed by atoms with Crippen molar-refractivity contribution in [3.05, 3.63) is 53.6 Å². The van der Waals surface area contributed by atoms with Crippen molar-refractivity contribution in [2.24, 2.45) is 17.8 Å². The minimum Gasteiger partial charge on any atom is -0.465 e. The predicted molar refractivity (Wildman–Crippen MR) is 147 cm³/mol. The smallest absolute Gasteiger partial charge is 0.313 e. The molecule has 1 spiro atoms. The zero-order valence-electron chi connectivity index (χ0n) is 23.6. The van der Waals surface area contributed by atoms with Crippen molar-refractivity contribution in [3.8, 4) is 0 Å². The van der Waals surface area contributed by atoms with Gasteiger partial charge in [-0.25, -0.2) is 0 Å². The van der Waals surface area contributed by atoms with Crippen molar-refractivity contribution in [3.63, 3.8) is 0 Å². The number of carbonyl (C=O) groups is 3. The second-order valence-electron chi connectivity index (χ2n) is 11.7. The molecule has 210 valence electrons. The number of allylic oxidation sites excluding steroid dienone is 1. The lowest BCUT2D eigenvalue weighted by atomic mass is 9.73. The highest BCUT2D eigenvalue weighted by Crippen LogP contribution is 2.59. The maximum Gasteiger partial charge on any atom is 0.313 e. The Labute approximate surface area is 230 Å². The summed E-state index contributed by atoms with van der Waals surface area (Å²) in [6.45, 7) is 9.97. The Morgan fingerprint density at radius 2 is 1.85 bits per heavy atom. The average molecular weight is 537 g/mol. The summed E-state index contributed by atoms with van der Waals surface area (Å²) in [5.41, 5.74) is 0.260. The number of rotatable bonds is 5. The molecule has 4 heterocycles. The van der Waals surface area contributed by atoms with E-state index in [2.05, 4.69) is 0 Å². The lowest BCUT2D eigenvalue weighted by molar-refractivity contribution is -0.161. The van der Waals surface area contributed by atoms with Gasteiger partial charge in [0, 0.05) is 12.2 Å². The van der Waals surface area contributed by atoms with E-state index in [0.717, 1.165) is 23.2 Å². The molecule has 8 heteroatoms. The van der Waals surface area contributed by atoms with Gasteiger partial charge in [-0.05, 0) is 56.2 Å². The summed E-state index contributed by atoms with van der Waals surface area (Å²) in [4.78, 5) is 46.1. The molecule has 6 atom stereocenters. The number of cyclic esters (lactones) is 1. The maximum atomic E-state index is 14.7. The first-order valence-electron chi connectivity index (χ1n) is 14.2. The molecule has 5 rings (SSSR count). The van der Waals surface area contributed by atoms with Crippen LogP contribution >= 0.6 is 0 Å². The second kappa shape index (κ2) is 10.2. The monoisotopic (exact) mass is 536 g/mol. The number of likely N-dealkylation sites (tertiary alicyclic amines) is 1. The van der Waals surface area contributed by atoms with Gasteiger partial charge in [-0.2, -0.15) is 0 Å². The van der Waals surface area contributed by atoms with Gasteiger partial charge in [0.2, 0.25) is 5.91 Å². The third kappa shape index (κ3) is 4.14. The van der Waals surface area contributed by atoms with Gasteiger partial charge < -0.3 is 24.4 Å². The van der Waals surface area contributed by atoms with Crippen LogP contribution in [-0.2, 0) is 23.9 Å². The number of esters is 1. The molecule has 0 radical (unpaired) electrons. The number of aryl methyl sites for hydroxylation is 2. The third-order valence-electron chi connectivity index (χ3n) is 9.04. The van der Waals surface area contributed by atoms with E-state index in [1.807, 2.05) is 77.1 Å². The molecule has 8 nitrogen and oxygen atoms in total. The van der Waals surface area contributed by atoms with E-state index in [-0.39, 0.29) is 30.9 Å². The fourth-order valence-corrected chi connectivity index (χ4v) is 7.02. The Morgan fingerprint density at radius 1 is 1.08 bits per heavy atom. The van der Waals surface area contributed by atoms with Crippen molar-refractivity contribution in [2.45, 2.75) is 77.2 Å². The molecule has 1 aromatic carbocycles. The number of aliphatic hydroxyl groups excluding tert-OH is 1. The van der Waals surface area contributed by atoms with Crippen molar-refractivity contribution in [1.82, 2.24) is 4.90 Å². The maximum absolute atomic E-state index is 14.7. The molecule has 0 bridgehead atoms. The first kappa shape index (κ1) is 27.6. The fourth-order valence-electron chi connectivity index (χ4n) is 7.02. The van der Waals surface area contributed by atoms with Crippen LogP contribution in [0.4, 0.5) is 5.69 Å². The summed E-state index contributed by atoms with van der Waals surface area (Å²) >= 11 is 0. The number of benzene rings is 1. The number of nitrogens with zero attached hydrogens (tertiary/aromatic N) is 2. The summed E-state index contributed by atoms with van der Waals surface area (Å²) in [5.74, 6) is -3.09. The summed E-state index contributed by atoms with van der Waals surface area (Å²) < 4.78 is 12.7. The largest absolute Gasteiger partial charge is 0.465 e. The predicted octanol–water partition coefficient (Wildman–Crippen LogP) is 3.48. The van der Waals surface area contributed by atoms with Crippen molar-refractivity contribution in [2.75, 3.05) is 24.7 Å². The lowest BCUT2D eigenvalue weighted by Crippen LogP contribution is -2.60. The van der Waals surface area contributed by atoms with Crippen LogP contribution in [0.25, 0.3) is 0 Å². The highest BCUT2D eigenvalue weighted by Gasteiger charge is 2.76. The van der Waals surface area contributed by atoms with E-state index in [1.165, 1.54) is 4.90 Å². The summed E-state index contributed by atoms with van der Waals surface area (Å²) in [7, 11) is 0. The lowest BCUT2D eigenvalue weighted by Gasteiger charge is -2.42. The summed E-state index contributed by atoms with van der Waals surface area (Å²) in [6, 6.07) is 4.29. The van der Waals surface area contributed by atoms with E-state index in [1.54, 1.807) is 4.90 Å². The third-order valence-corrected chi connectivity index (χ3v) is 9.04. The molecular weight excluding hydrogens is 496 g/mol. The van der Waals surface area contributed by atoms with Crippen LogP contribution in [0, 0.1) is 31.6 Å². The van der Waals surface area contributed by atoms with Crippen molar-refractivity contribution >= 4 is 23.5 Å². The SMILES string of the molecule is CC[C@]12/C=C\CCCOC(=O)[C@H]1[C@H]1C(=O)N([C@@H](CO)C(C)C)C3C(=O)N(c4cc(C)ccc4C)CC=C[C@@]31O2. The topological polar surface area (TPSA) is 96.4 Å². The molecule has 2 saturated heterocycles. The quantitative estimate of drug-likeness (QED) is 0.457. The Kier molecular flexibility index (Phi) is 7.22. The number of aliphatic hydroxyl groups is 1. The van der Waals surface area contributed by atoms with Gasteiger partial charge in [-0.3, -0.25) is 14.4 Å². The van der Waals surface area contributed by atoms with Gasteiger partial charge in [-0.1, -0.05) is 57.2 Å². The Morgan fingerprint density at radius 3 is 2.54 bits per heavy atom. The molecule has 1 aromatic rings. The molecule has 1 unspecified atom stereocenters. The normalized spacial score (nSPS) is 34.0. The number of anilines is 1. The Bertz CT molecular complexity index is 1220. The highest BCUT2D eigenvalue weighted by molar-refractivity contribution is 6.06. The van der Waals surface area contributed by atoms with Crippen LogP contribution in [0.15, 0.2) is 42.5 Å². The number of fused-ring (bicyclic) bond motifs is 2. The fraction of sp³-hybridized carbons (Fsp3) is 0.581. The Balaban J connectivity index is 1.72. The van der Waals surface area contributed by atoms with E-state index in [9.17, 15) is 19.5 Å². The zero-order valence-corrected chi connectivity index (χ0v) is 23.6. The van der Waals surface area contributed by atoms with E-state index in [4.69, 9.17) is 9.47 Å². The molecule has 4 aliphatic rings. The minimum atomic E-state index is -1.38. The number of carbonyl (C=O) groups excluding carboxylic acids is 3. The standard InChI is InChI=1S/C31H40N2O6/c1-6-30-13-8-7-9-16-38-29(37)25(30)24-27(35)33(23(18-34)19(2)3)26-28(36)32(15-10-14-31(24,26)39-30)22-17-20(4)11-12-21(22)5/h8,10-14,17,19,23-26,34H,6-7,9,15-16,18H2,1-5H3/b13-8-/t23-,24-,25+,26?,30-,31-/m0/s1. The van der Waals surface area contributed by atoms with Gasteiger partial charge in [-0.15, -0.1) is 0 Å². The van der Waals surface area contributed by atoms with E-state index in [0.29, 0.717) is 19.4 Å². The molecular formula is C31H40N2O6. The second-order valence-corrected chi connectivity index (χ2v) is 11.7. The van der Waals surface area contributed by atoms with Gasteiger partial charge in [0.15, 0.2) is 0 Å².